The van der Waals surface area contributed by atoms with Crippen LogP contribution < -0.4 is 4.74 Å². The summed E-state index contributed by atoms with van der Waals surface area (Å²) in [6.45, 7) is 7.79. The fourth-order valence-corrected chi connectivity index (χ4v) is 2.70. The molecule has 0 aliphatic rings. The number of methoxy groups -OCH3 is 1. The third kappa shape index (κ3) is 2.39. The molecular formula is C15H21F3O2. The lowest BCUT2D eigenvalue weighted by Gasteiger charge is -2.32. The first-order valence-corrected chi connectivity index (χ1v) is 6.46. The highest BCUT2D eigenvalue weighted by Gasteiger charge is 2.53. The van der Waals surface area contributed by atoms with Gasteiger partial charge in [-0.05, 0) is 56.4 Å². The van der Waals surface area contributed by atoms with Crippen molar-refractivity contribution in [3.05, 3.63) is 27.8 Å². The molecule has 0 amide bonds. The molecule has 1 atom stereocenters. The summed E-state index contributed by atoms with van der Waals surface area (Å²) in [5.41, 5.74) is -0.333. The van der Waals surface area contributed by atoms with Gasteiger partial charge in [0.15, 0.2) is 5.60 Å². The molecule has 0 heterocycles. The van der Waals surface area contributed by atoms with Gasteiger partial charge in [-0.15, -0.1) is 0 Å². The molecule has 1 aromatic carbocycles. The average molecular weight is 290 g/mol. The first-order chi connectivity index (χ1) is 9.00. The van der Waals surface area contributed by atoms with Crippen molar-refractivity contribution in [3.8, 4) is 5.75 Å². The molecule has 0 aliphatic carbocycles. The Balaban J connectivity index is 3.81. The van der Waals surface area contributed by atoms with E-state index in [1.165, 1.54) is 7.11 Å². The van der Waals surface area contributed by atoms with E-state index in [0.29, 0.717) is 17.5 Å². The number of benzene rings is 1. The number of aliphatic hydroxyl groups is 1. The van der Waals surface area contributed by atoms with Crippen molar-refractivity contribution in [2.24, 2.45) is 0 Å². The van der Waals surface area contributed by atoms with Gasteiger partial charge in [0, 0.05) is 5.56 Å². The van der Waals surface area contributed by atoms with Crippen molar-refractivity contribution in [3.63, 3.8) is 0 Å². The third-order valence-corrected chi connectivity index (χ3v) is 4.01. The van der Waals surface area contributed by atoms with Crippen LogP contribution >= 0.6 is 0 Å². The Morgan fingerprint density at radius 3 is 1.90 bits per heavy atom. The molecule has 0 aliphatic heterocycles. The van der Waals surface area contributed by atoms with E-state index in [-0.39, 0.29) is 11.3 Å². The predicted octanol–water partition coefficient (Wildman–Crippen LogP) is 3.95. The van der Waals surface area contributed by atoms with Gasteiger partial charge in [0.05, 0.1) is 7.11 Å². The zero-order valence-corrected chi connectivity index (χ0v) is 12.7. The maximum atomic E-state index is 13.2. The quantitative estimate of drug-likeness (QED) is 0.913. The molecule has 0 aromatic heterocycles. The van der Waals surface area contributed by atoms with Crippen LogP contribution in [-0.4, -0.2) is 18.4 Å². The standard InChI is InChI=1S/C15H21F3O2/c1-7-11-8(2)9(3)12(13(20-6)10(11)4)14(5,19)15(16,17)18/h19H,7H2,1-6H3. The SMILES string of the molecule is CCc1c(C)c(C)c(C(C)(O)C(F)(F)F)c(OC)c1C. The molecule has 0 bridgehead atoms. The molecule has 1 rings (SSSR count). The van der Waals surface area contributed by atoms with Crippen LogP contribution in [0, 0.1) is 20.8 Å². The Hall–Kier alpha value is -1.23. The molecule has 0 saturated carbocycles. The Bertz CT molecular complexity index is 517. The van der Waals surface area contributed by atoms with Gasteiger partial charge in [0.2, 0.25) is 0 Å². The zero-order valence-electron chi connectivity index (χ0n) is 12.7. The number of halogens is 3. The first-order valence-electron chi connectivity index (χ1n) is 6.46. The van der Waals surface area contributed by atoms with E-state index in [1.807, 2.05) is 6.92 Å². The normalized spacial score (nSPS) is 15.1. The summed E-state index contributed by atoms with van der Waals surface area (Å²) >= 11 is 0. The molecule has 1 aromatic rings. The second kappa shape index (κ2) is 5.28. The van der Waals surface area contributed by atoms with E-state index < -0.39 is 11.8 Å². The molecule has 0 radical (unpaired) electrons. The number of alkyl halides is 3. The van der Waals surface area contributed by atoms with Gasteiger partial charge in [-0.1, -0.05) is 6.92 Å². The van der Waals surface area contributed by atoms with Gasteiger partial charge in [-0.3, -0.25) is 0 Å². The maximum Gasteiger partial charge on any atom is 0.421 e. The van der Waals surface area contributed by atoms with Gasteiger partial charge in [-0.2, -0.15) is 13.2 Å². The fourth-order valence-electron chi connectivity index (χ4n) is 2.70. The van der Waals surface area contributed by atoms with E-state index >= 15 is 0 Å². The Labute approximate surface area is 117 Å². The van der Waals surface area contributed by atoms with E-state index in [0.717, 1.165) is 18.1 Å². The highest BCUT2D eigenvalue weighted by molar-refractivity contribution is 5.57. The monoisotopic (exact) mass is 290 g/mol. The molecule has 20 heavy (non-hydrogen) atoms. The van der Waals surface area contributed by atoms with Crippen LogP contribution in [0.15, 0.2) is 0 Å². The lowest BCUT2D eigenvalue weighted by Crippen LogP contribution is -2.40. The van der Waals surface area contributed by atoms with Crippen molar-refractivity contribution < 1.29 is 23.0 Å². The van der Waals surface area contributed by atoms with E-state index in [1.54, 1.807) is 20.8 Å². The number of hydrogen-bond donors (Lipinski definition) is 1. The van der Waals surface area contributed by atoms with Crippen LogP contribution in [0.5, 0.6) is 5.75 Å². The van der Waals surface area contributed by atoms with Gasteiger partial charge in [-0.25, -0.2) is 0 Å². The van der Waals surface area contributed by atoms with Crippen LogP contribution in [-0.2, 0) is 12.0 Å². The summed E-state index contributed by atoms with van der Waals surface area (Å²) in [5, 5.41) is 10.0. The molecule has 114 valence electrons. The van der Waals surface area contributed by atoms with Crippen LogP contribution in [0.4, 0.5) is 13.2 Å². The summed E-state index contributed by atoms with van der Waals surface area (Å²) < 4.78 is 44.6. The zero-order chi connectivity index (χ0) is 15.9. The maximum absolute atomic E-state index is 13.2. The van der Waals surface area contributed by atoms with E-state index in [9.17, 15) is 18.3 Å². The van der Waals surface area contributed by atoms with Crippen LogP contribution in [0.3, 0.4) is 0 Å². The van der Waals surface area contributed by atoms with Crippen molar-refractivity contribution in [2.45, 2.75) is 52.8 Å². The van der Waals surface area contributed by atoms with Crippen LogP contribution in [0.25, 0.3) is 0 Å². The van der Waals surface area contributed by atoms with Crippen LogP contribution in [0.2, 0.25) is 0 Å². The summed E-state index contributed by atoms with van der Waals surface area (Å²) in [4.78, 5) is 0. The number of ether oxygens (including phenoxy) is 1. The predicted molar refractivity (Wildman–Crippen MR) is 72.2 cm³/mol. The van der Waals surface area contributed by atoms with Gasteiger partial charge in [0.25, 0.3) is 0 Å². The summed E-state index contributed by atoms with van der Waals surface area (Å²) in [6, 6.07) is 0. The lowest BCUT2D eigenvalue weighted by atomic mass is 9.83. The van der Waals surface area contributed by atoms with Crippen molar-refractivity contribution in [1.82, 2.24) is 0 Å². The molecule has 2 nitrogen and oxygen atoms in total. The van der Waals surface area contributed by atoms with Crippen molar-refractivity contribution >= 4 is 0 Å². The van der Waals surface area contributed by atoms with Gasteiger partial charge in [0.1, 0.15) is 5.75 Å². The minimum Gasteiger partial charge on any atom is -0.496 e. The molecule has 0 fully saturated rings. The van der Waals surface area contributed by atoms with Gasteiger partial charge < -0.3 is 9.84 Å². The summed E-state index contributed by atoms with van der Waals surface area (Å²) in [7, 11) is 1.33. The highest BCUT2D eigenvalue weighted by atomic mass is 19.4. The summed E-state index contributed by atoms with van der Waals surface area (Å²) in [6.07, 6.45) is -4.07. The highest BCUT2D eigenvalue weighted by Crippen LogP contribution is 2.46. The molecule has 1 N–H and O–H groups in total. The first kappa shape index (κ1) is 16.8. The summed E-state index contributed by atoms with van der Waals surface area (Å²) in [5.74, 6) is 0.118. The Morgan fingerprint density at radius 1 is 1.05 bits per heavy atom. The number of rotatable bonds is 3. The lowest BCUT2D eigenvalue weighted by molar-refractivity contribution is -0.259. The second-order valence-electron chi connectivity index (χ2n) is 5.19. The van der Waals surface area contributed by atoms with Crippen LogP contribution in [0.1, 0.15) is 41.7 Å². The Morgan fingerprint density at radius 2 is 1.55 bits per heavy atom. The fraction of sp³-hybridized carbons (Fsp3) is 0.600. The smallest absolute Gasteiger partial charge is 0.421 e. The molecule has 5 heteroatoms. The minimum atomic E-state index is -4.77. The molecular weight excluding hydrogens is 269 g/mol. The average Bonchev–Trinajstić information content (AvgIpc) is 2.32. The van der Waals surface area contributed by atoms with Crippen molar-refractivity contribution in [1.29, 1.82) is 0 Å². The molecule has 0 spiro atoms. The van der Waals surface area contributed by atoms with E-state index in [2.05, 4.69) is 0 Å². The van der Waals surface area contributed by atoms with Crippen molar-refractivity contribution in [2.75, 3.05) is 7.11 Å². The topological polar surface area (TPSA) is 29.5 Å². The second-order valence-corrected chi connectivity index (χ2v) is 5.19. The largest absolute Gasteiger partial charge is 0.496 e. The van der Waals surface area contributed by atoms with Gasteiger partial charge >= 0.3 is 6.18 Å². The molecule has 1 unspecified atom stereocenters. The third-order valence-electron chi connectivity index (χ3n) is 4.01. The minimum absolute atomic E-state index is 0.118. The molecule has 0 saturated heterocycles. The van der Waals surface area contributed by atoms with E-state index in [4.69, 9.17) is 4.74 Å². The number of hydrogen-bond acceptors (Lipinski definition) is 2. The Kier molecular flexibility index (Phi) is 4.44.